The second kappa shape index (κ2) is 6.17. The van der Waals surface area contributed by atoms with Crippen molar-refractivity contribution in [3.8, 4) is 11.8 Å². The van der Waals surface area contributed by atoms with Crippen molar-refractivity contribution >= 4 is 0 Å². The van der Waals surface area contributed by atoms with Gasteiger partial charge in [0.2, 0.25) is 0 Å². The minimum atomic E-state index is -0.225. The number of hydrogen-bond donors (Lipinski definition) is 1. The fourth-order valence-corrected chi connectivity index (χ4v) is 2.01. The molecule has 1 aromatic heterocycles. The largest absolute Gasteiger partial charge is 0.487 e. The van der Waals surface area contributed by atoms with Gasteiger partial charge in [-0.2, -0.15) is 5.26 Å². The Balaban J connectivity index is 2.22. The Morgan fingerprint density at radius 1 is 1.35 bits per heavy atom. The van der Waals surface area contributed by atoms with Crippen LogP contribution in [-0.4, -0.2) is 20.1 Å². The van der Waals surface area contributed by atoms with Gasteiger partial charge in [0.15, 0.2) is 0 Å². The van der Waals surface area contributed by atoms with E-state index >= 15 is 0 Å². The number of hydrogen-bond acceptors (Lipinski definition) is 5. The van der Waals surface area contributed by atoms with E-state index in [1.807, 2.05) is 38.1 Å². The Bertz CT molecular complexity index is 623. The summed E-state index contributed by atoms with van der Waals surface area (Å²) < 4.78 is 7.26. The number of aryl methyl sites for hydroxylation is 2. The number of benzene rings is 1. The van der Waals surface area contributed by atoms with Gasteiger partial charge in [0.1, 0.15) is 30.3 Å². The van der Waals surface area contributed by atoms with Crippen molar-refractivity contribution in [3.63, 3.8) is 0 Å². The lowest BCUT2D eigenvalue weighted by molar-refractivity contribution is 0.261. The highest BCUT2D eigenvalue weighted by Gasteiger charge is 2.13. The Hall–Kier alpha value is -2.39. The summed E-state index contributed by atoms with van der Waals surface area (Å²) in [6, 6.07) is 7.92. The molecule has 0 radical (unpaired) electrons. The van der Waals surface area contributed by atoms with Gasteiger partial charge in [0.25, 0.3) is 0 Å². The topological polar surface area (TPSA) is 84.0 Å². The van der Waals surface area contributed by atoms with Gasteiger partial charge < -0.3 is 9.84 Å². The standard InChI is InChI=1S/C14H16N4O2/c1-10-4-3-5-11(2)14(10)20-9-13-12(8-19)16-17-18(13)7-6-15/h3-5,19H,7-9H2,1-2H3. The van der Waals surface area contributed by atoms with Crippen LogP contribution in [0.1, 0.15) is 22.5 Å². The molecule has 0 atom stereocenters. The van der Waals surface area contributed by atoms with E-state index in [2.05, 4.69) is 10.3 Å². The molecular weight excluding hydrogens is 256 g/mol. The average Bonchev–Trinajstić information content (AvgIpc) is 2.81. The lowest BCUT2D eigenvalue weighted by Gasteiger charge is -2.12. The molecule has 1 aromatic carbocycles. The number of aromatic nitrogens is 3. The predicted octanol–water partition coefficient (Wildman–Crippen LogP) is 1.49. The van der Waals surface area contributed by atoms with Crippen LogP contribution in [0.25, 0.3) is 0 Å². The highest BCUT2D eigenvalue weighted by atomic mass is 16.5. The summed E-state index contributed by atoms with van der Waals surface area (Å²) in [5, 5.41) is 25.7. The fraction of sp³-hybridized carbons (Fsp3) is 0.357. The summed E-state index contributed by atoms with van der Waals surface area (Å²) in [7, 11) is 0. The molecule has 0 bridgehead atoms. The Morgan fingerprint density at radius 3 is 2.65 bits per heavy atom. The minimum Gasteiger partial charge on any atom is -0.487 e. The first-order valence-corrected chi connectivity index (χ1v) is 6.25. The van der Waals surface area contributed by atoms with Crippen LogP contribution in [0.2, 0.25) is 0 Å². The summed E-state index contributed by atoms with van der Waals surface area (Å²) in [5.74, 6) is 0.807. The van der Waals surface area contributed by atoms with E-state index in [-0.39, 0.29) is 19.8 Å². The zero-order valence-corrected chi connectivity index (χ0v) is 11.5. The lowest BCUT2D eigenvalue weighted by Crippen LogP contribution is -2.09. The van der Waals surface area contributed by atoms with Crippen molar-refractivity contribution in [3.05, 3.63) is 40.7 Å². The van der Waals surface area contributed by atoms with Gasteiger partial charge >= 0.3 is 0 Å². The van der Waals surface area contributed by atoms with E-state index in [9.17, 15) is 5.11 Å². The molecule has 0 saturated heterocycles. The molecule has 104 valence electrons. The Labute approximate surface area is 117 Å². The molecule has 0 aliphatic rings. The first-order valence-electron chi connectivity index (χ1n) is 6.25. The van der Waals surface area contributed by atoms with Gasteiger partial charge in [-0.25, -0.2) is 4.68 Å². The first-order chi connectivity index (χ1) is 9.67. The van der Waals surface area contributed by atoms with Crippen LogP contribution in [0, 0.1) is 25.2 Å². The molecule has 20 heavy (non-hydrogen) atoms. The van der Waals surface area contributed by atoms with Gasteiger partial charge in [-0.05, 0) is 25.0 Å². The molecule has 1 N–H and O–H groups in total. The summed E-state index contributed by atoms with van der Waals surface area (Å²) in [4.78, 5) is 0. The average molecular weight is 272 g/mol. The number of para-hydroxylation sites is 1. The SMILES string of the molecule is Cc1cccc(C)c1OCc1c(CO)nnn1CC#N. The zero-order valence-electron chi connectivity index (χ0n) is 11.5. The van der Waals surface area contributed by atoms with Crippen molar-refractivity contribution in [2.75, 3.05) is 0 Å². The summed E-state index contributed by atoms with van der Waals surface area (Å²) in [6.45, 7) is 4.02. The number of aliphatic hydroxyl groups is 1. The minimum absolute atomic E-state index is 0.0818. The maximum absolute atomic E-state index is 9.25. The van der Waals surface area contributed by atoms with E-state index < -0.39 is 0 Å². The van der Waals surface area contributed by atoms with Gasteiger partial charge in [0.05, 0.1) is 12.7 Å². The quantitative estimate of drug-likeness (QED) is 0.891. The number of nitrogens with zero attached hydrogens (tertiary/aromatic N) is 4. The summed E-state index contributed by atoms with van der Waals surface area (Å²) in [5.41, 5.74) is 3.13. The molecule has 0 unspecified atom stereocenters. The van der Waals surface area contributed by atoms with Crippen LogP contribution in [0.15, 0.2) is 18.2 Å². The lowest BCUT2D eigenvalue weighted by atomic mass is 10.1. The van der Waals surface area contributed by atoms with Crippen LogP contribution in [0.5, 0.6) is 5.75 Å². The Kier molecular flexibility index (Phi) is 4.33. The highest BCUT2D eigenvalue weighted by Crippen LogP contribution is 2.23. The monoisotopic (exact) mass is 272 g/mol. The van der Waals surface area contributed by atoms with Crippen molar-refractivity contribution in [1.82, 2.24) is 15.0 Å². The summed E-state index contributed by atoms with van der Waals surface area (Å²) >= 11 is 0. The van der Waals surface area contributed by atoms with E-state index in [1.165, 1.54) is 4.68 Å². The third kappa shape index (κ3) is 2.78. The van der Waals surface area contributed by atoms with Crippen LogP contribution in [0.3, 0.4) is 0 Å². The van der Waals surface area contributed by atoms with Gasteiger partial charge in [-0.15, -0.1) is 5.10 Å². The van der Waals surface area contributed by atoms with Crippen LogP contribution in [-0.2, 0) is 19.8 Å². The van der Waals surface area contributed by atoms with Crippen molar-refractivity contribution in [2.45, 2.75) is 33.6 Å². The van der Waals surface area contributed by atoms with Crippen LogP contribution in [0.4, 0.5) is 0 Å². The molecule has 0 amide bonds. The number of rotatable bonds is 5. The maximum atomic E-state index is 9.25. The molecule has 0 saturated carbocycles. The molecule has 2 aromatic rings. The number of nitriles is 1. The highest BCUT2D eigenvalue weighted by molar-refractivity contribution is 5.39. The molecule has 0 aliphatic carbocycles. The van der Waals surface area contributed by atoms with Gasteiger partial charge in [0, 0.05) is 0 Å². The fourth-order valence-electron chi connectivity index (χ4n) is 2.01. The number of ether oxygens (including phenoxy) is 1. The van der Waals surface area contributed by atoms with E-state index in [0.717, 1.165) is 16.9 Å². The second-order valence-electron chi connectivity index (χ2n) is 4.47. The molecule has 1 heterocycles. The first kappa shape index (κ1) is 14.0. The third-order valence-electron chi connectivity index (χ3n) is 3.05. The molecule has 0 aliphatic heterocycles. The smallest absolute Gasteiger partial charge is 0.132 e. The summed E-state index contributed by atoms with van der Waals surface area (Å²) in [6.07, 6.45) is 0. The number of aliphatic hydroxyl groups excluding tert-OH is 1. The third-order valence-corrected chi connectivity index (χ3v) is 3.05. The van der Waals surface area contributed by atoms with E-state index in [4.69, 9.17) is 10.00 Å². The molecular formula is C14H16N4O2. The molecule has 6 nitrogen and oxygen atoms in total. The van der Waals surface area contributed by atoms with Gasteiger partial charge in [-0.3, -0.25) is 0 Å². The maximum Gasteiger partial charge on any atom is 0.132 e. The molecule has 2 rings (SSSR count). The van der Waals surface area contributed by atoms with Crippen LogP contribution >= 0.6 is 0 Å². The van der Waals surface area contributed by atoms with Gasteiger partial charge in [-0.1, -0.05) is 23.4 Å². The van der Waals surface area contributed by atoms with Crippen molar-refractivity contribution in [2.24, 2.45) is 0 Å². The Morgan fingerprint density at radius 2 is 2.05 bits per heavy atom. The van der Waals surface area contributed by atoms with E-state index in [1.54, 1.807) is 0 Å². The molecule has 6 heteroatoms. The zero-order chi connectivity index (χ0) is 14.5. The second-order valence-corrected chi connectivity index (χ2v) is 4.47. The molecule has 0 spiro atoms. The van der Waals surface area contributed by atoms with E-state index in [0.29, 0.717) is 11.4 Å². The van der Waals surface area contributed by atoms with Crippen molar-refractivity contribution in [1.29, 1.82) is 5.26 Å². The van der Waals surface area contributed by atoms with Crippen LogP contribution < -0.4 is 4.74 Å². The normalized spacial score (nSPS) is 10.3. The predicted molar refractivity (Wildman–Crippen MR) is 71.8 cm³/mol. The van der Waals surface area contributed by atoms with Crippen molar-refractivity contribution < 1.29 is 9.84 Å². The molecule has 0 fully saturated rings.